The summed E-state index contributed by atoms with van der Waals surface area (Å²) in [7, 11) is 0. The molecule has 1 fully saturated rings. The molecular weight excluding hydrogens is 323 g/mol. The maximum Gasteiger partial charge on any atom is 0.312 e. The van der Waals surface area contributed by atoms with E-state index < -0.39 is 17.5 Å². The summed E-state index contributed by atoms with van der Waals surface area (Å²) in [4.78, 5) is 18.2. The molecule has 2 heterocycles. The summed E-state index contributed by atoms with van der Waals surface area (Å²) < 4.78 is 13.7. The van der Waals surface area contributed by atoms with Crippen molar-refractivity contribution in [2.24, 2.45) is 5.41 Å². The SMILES string of the molecule is CCC[C@]1(C(=O)O)CCN(c2cc(C)nc3ccc(F)cc23)C[C@@H]1O. The van der Waals surface area contributed by atoms with E-state index in [0.29, 0.717) is 36.7 Å². The number of aromatic nitrogens is 1. The van der Waals surface area contributed by atoms with Gasteiger partial charge in [-0.1, -0.05) is 13.3 Å². The zero-order valence-corrected chi connectivity index (χ0v) is 14.5. The predicted octanol–water partition coefficient (Wildman–Crippen LogP) is 3.12. The van der Waals surface area contributed by atoms with Crippen molar-refractivity contribution in [3.05, 3.63) is 35.8 Å². The summed E-state index contributed by atoms with van der Waals surface area (Å²) in [5, 5.41) is 21.0. The number of carboxylic acids is 1. The lowest BCUT2D eigenvalue weighted by molar-refractivity contribution is -0.159. The average Bonchev–Trinajstić information content (AvgIpc) is 2.56. The number of piperidine rings is 1. The molecule has 2 atom stereocenters. The van der Waals surface area contributed by atoms with Crippen LogP contribution in [0.1, 0.15) is 31.9 Å². The maximum atomic E-state index is 13.7. The molecule has 2 N–H and O–H groups in total. The molecule has 0 radical (unpaired) electrons. The molecule has 5 nitrogen and oxygen atoms in total. The van der Waals surface area contributed by atoms with Gasteiger partial charge >= 0.3 is 5.97 Å². The van der Waals surface area contributed by atoms with Gasteiger partial charge < -0.3 is 15.1 Å². The number of carbonyl (C=O) groups is 1. The topological polar surface area (TPSA) is 73.7 Å². The second-order valence-corrected chi connectivity index (χ2v) is 6.87. The first-order chi connectivity index (χ1) is 11.9. The van der Waals surface area contributed by atoms with Crippen molar-refractivity contribution in [3.63, 3.8) is 0 Å². The predicted molar refractivity (Wildman–Crippen MR) is 94.3 cm³/mol. The minimum atomic E-state index is -1.10. The zero-order valence-electron chi connectivity index (χ0n) is 14.5. The number of anilines is 1. The first kappa shape index (κ1) is 17.6. The van der Waals surface area contributed by atoms with E-state index in [0.717, 1.165) is 11.4 Å². The molecular formula is C19H23FN2O3. The molecule has 0 spiro atoms. The number of aryl methyl sites for hydroxylation is 1. The molecule has 1 aliphatic heterocycles. The van der Waals surface area contributed by atoms with Crippen LogP contribution in [-0.4, -0.2) is 40.4 Å². The minimum absolute atomic E-state index is 0.210. The van der Waals surface area contributed by atoms with Crippen LogP contribution in [0.4, 0.5) is 10.1 Å². The van der Waals surface area contributed by atoms with Gasteiger partial charge in [0.2, 0.25) is 0 Å². The highest BCUT2D eigenvalue weighted by molar-refractivity contribution is 5.92. The molecule has 1 aliphatic rings. The number of β-amino-alcohol motifs (C(OH)–C–C–N with tert-alkyl or cyclic N) is 1. The molecule has 1 aromatic heterocycles. The number of fused-ring (bicyclic) bond motifs is 1. The highest BCUT2D eigenvalue weighted by Gasteiger charge is 2.48. The lowest BCUT2D eigenvalue weighted by atomic mass is 9.72. The van der Waals surface area contributed by atoms with Gasteiger partial charge in [-0.25, -0.2) is 4.39 Å². The highest BCUT2D eigenvalue weighted by atomic mass is 19.1. The van der Waals surface area contributed by atoms with Gasteiger partial charge in [0.25, 0.3) is 0 Å². The Labute approximate surface area is 146 Å². The lowest BCUT2D eigenvalue weighted by Crippen LogP contribution is -2.55. The number of aliphatic hydroxyl groups excluding tert-OH is 1. The number of nitrogens with zero attached hydrogens (tertiary/aromatic N) is 2. The third-order valence-electron chi connectivity index (χ3n) is 5.20. The van der Waals surface area contributed by atoms with Gasteiger partial charge in [0, 0.05) is 29.9 Å². The molecule has 25 heavy (non-hydrogen) atoms. The molecule has 0 aliphatic carbocycles. The average molecular weight is 346 g/mol. The van der Waals surface area contributed by atoms with Crippen LogP contribution in [0.5, 0.6) is 0 Å². The Morgan fingerprint density at radius 3 is 2.84 bits per heavy atom. The summed E-state index contributed by atoms with van der Waals surface area (Å²) in [6, 6.07) is 6.32. The first-order valence-electron chi connectivity index (χ1n) is 8.60. The molecule has 134 valence electrons. The first-order valence-corrected chi connectivity index (χ1v) is 8.60. The van der Waals surface area contributed by atoms with E-state index in [1.165, 1.54) is 12.1 Å². The minimum Gasteiger partial charge on any atom is -0.481 e. The van der Waals surface area contributed by atoms with Crippen molar-refractivity contribution in [3.8, 4) is 0 Å². The Kier molecular flexibility index (Phi) is 4.64. The van der Waals surface area contributed by atoms with Gasteiger partial charge in [0.05, 0.1) is 17.0 Å². The molecule has 1 saturated heterocycles. The number of hydrogen-bond donors (Lipinski definition) is 2. The Hall–Kier alpha value is -2.21. The monoisotopic (exact) mass is 346 g/mol. The molecule has 1 aromatic carbocycles. The lowest BCUT2D eigenvalue weighted by Gasteiger charge is -2.44. The summed E-state index contributed by atoms with van der Waals surface area (Å²) in [5.41, 5.74) is 1.17. The standard InChI is InChI=1S/C19H23FN2O3/c1-3-6-19(18(24)25)7-8-22(11-17(19)23)16-9-12(2)21-15-5-4-13(20)10-14(15)16/h4-5,9-10,17,23H,3,6-8,11H2,1-2H3,(H,24,25)/t17-,19-/m0/s1. The Bertz CT molecular complexity index is 811. The summed E-state index contributed by atoms with van der Waals surface area (Å²) >= 11 is 0. The second kappa shape index (κ2) is 6.59. The van der Waals surface area contributed by atoms with Crippen LogP contribution in [-0.2, 0) is 4.79 Å². The van der Waals surface area contributed by atoms with E-state index in [4.69, 9.17) is 0 Å². The van der Waals surface area contributed by atoms with E-state index in [9.17, 15) is 19.4 Å². The quantitative estimate of drug-likeness (QED) is 0.890. The highest BCUT2D eigenvalue weighted by Crippen LogP contribution is 2.39. The van der Waals surface area contributed by atoms with Gasteiger partial charge in [0.1, 0.15) is 5.82 Å². The number of hydrogen-bond acceptors (Lipinski definition) is 4. The molecule has 2 aromatic rings. The van der Waals surface area contributed by atoms with Gasteiger partial charge in [0.15, 0.2) is 0 Å². The molecule has 6 heteroatoms. The Balaban J connectivity index is 1.98. The number of pyridine rings is 1. The summed E-state index contributed by atoms with van der Waals surface area (Å²) in [6.07, 6.45) is 0.527. The van der Waals surface area contributed by atoms with Crippen molar-refractivity contribution >= 4 is 22.6 Å². The number of rotatable bonds is 4. The van der Waals surface area contributed by atoms with Gasteiger partial charge in [-0.3, -0.25) is 9.78 Å². The normalized spacial score (nSPS) is 23.8. The van der Waals surface area contributed by atoms with E-state index in [2.05, 4.69) is 4.98 Å². The van der Waals surface area contributed by atoms with Crippen molar-refractivity contribution < 1.29 is 19.4 Å². The van der Waals surface area contributed by atoms with Crippen LogP contribution in [0.15, 0.2) is 24.3 Å². The summed E-state index contributed by atoms with van der Waals surface area (Å²) in [6.45, 7) is 4.50. The van der Waals surface area contributed by atoms with E-state index in [-0.39, 0.29) is 12.4 Å². The van der Waals surface area contributed by atoms with Crippen molar-refractivity contribution in [2.45, 2.75) is 39.2 Å². The van der Waals surface area contributed by atoms with Crippen LogP contribution in [0.25, 0.3) is 10.9 Å². The number of aliphatic hydroxyl groups is 1. The van der Waals surface area contributed by atoms with Crippen LogP contribution in [0, 0.1) is 18.2 Å². The molecule has 0 amide bonds. The Morgan fingerprint density at radius 1 is 1.44 bits per heavy atom. The molecule has 0 bridgehead atoms. The van der Waals surface area contributed by atoms with E-state index >= 15 is 0 Å². The molecule has 0 unspecified atom stereocenters. The number of carboxylic acid groups (broad SMARTS) is 1. The third kappa shape index (κ3) is 3.06. The van der Waals surface area contributed by atoms with E-state index in [1.54, 1.807) is 6.07 Å². The van der Waals surface area contributed by atoms with Crippen molar-refractivity contribution in [2.75, 3.05) is 18.0 Å². The number of aliphatic carboxylic acids is 1. The fourth-order valence-electron chi connectivity index (χ4n) is 3.86. The molecule has 3 rings (SSSR count). The maximum absolute atomic E-state index is 13.7. The third-order valence-corrected chi connectivity index (χ3v) is 5.20. The van der Waals surface area contributed by atoms with E-state index in [1.807, 2.05) is 24.8 Å². The van der Waals surface area contributed by atoms with Crippen LogP contribution >= 0.6 is 0 Å². The zero-order chi connectivity index (χ0) is 18.2. The Morgan fingerprint density at radius 2 is 2.20 bits per heavy atom. The van der Waals surface area contributed by atoms with Crippen LogP contribution in [0.2, 0.25) is 0 Å². The number of halogens is 1. The molecule has 0 saturated carbocycles. The van der Waals surface area contributed by atoms with Gasteiger partial charge in [-0.05, 0) is 44.0 Å². The smallest absolute Gasteiger partial charge is 0.312 e. The van der Waals surface area contributed by atoms with Gasteiger partial charge in [-0.15, -0.1) is 0 Å². The fraction of sp³-hybridized carbons (Fsp3) is 0.474. The fourth-order valence-corrected chi connectivity index (χ4v) is 3.86. The van der Waals surface area contributed by atoms with Crippen molar-refractivity contribution in [1.29, 1.82) is 0 Å². The largest absolute Gasteiger partial charge is 0.481 e. The second-order valence-electron chi connectivity index (χ2n) is 6.87. The van der Waals surface area contributed by atoms with Crippen LogP contribution < -0.4 is 4.90 Å². The van der Waals surface area contributed by atoms with Crippen LogP contribution in [0.3, 0.4) is 0 Å². The number of benzene rings is 1. The van der Waals surface area contributed by atoms with Crippen molar-refractivity contribution in [1.82, 2.24) is 4.98 Å². The summed E-state index contributed by atoms with van der Waals surface area (Å²) in [5.74, 6) is -1.29. The van der Waals surface area contributed by atoms with Gasteiger partial charge in [-0.2, -0.15) is 0 Å².